The molecule has 1 aliphatic carbocycles. The first kappa shape index (κ1) is 13.4. The zero-order valence-electron chi connectivity index (χ0n) is 11.5. The van der Waals surface area contributed by atoms with E-state index in [-0.39, 0.29) is 0 Å². The van der Waals surface area contributed by atoms with Crippen LogP contribution in [-0.2, 0) is 12.8 Å². The van der Waals surface area contributed by atoms with E-state index >= 15 is 0 Å². The number of unbranched alkanes of at least 4 members (excludes halogenated alkanes) is 2. The summed E-state index contributed by atoms with van der Waals surface area (Å²) in [6.07, 6.45) is 7.44. The summed E-state index contributed by atoms with van der Waals surface area (Å²) in [4.78, 5) is 0. The van der Waals surface area contributed by atoms with E-state index in [1.54, 1.807) is 0 Å². The van der Waals surface area contributed by atoms with E-state index in [0.717, 1.165) is 31.9 Å². The van der Waals surface area contributed by atoms with Gasteiger partial charge in [-0.05, 0) is 74.9 Å². The maximum absolute atomic E-state index is 5.82. The van der Waals surface area contributed by atoms with Crippen molar-refractivity contribution in [1.82, 2.24) is 5.32 Å². The van der Waals surface area contributed by atoms with Crippen molar-refractivity contribution in [3.8, 4) is 5.75 Å². The Hall–Kier alpha value is -1.02. The van der Waals surface area contributed by atoms with Crippen LogP contribution >= 0.6 is 0 Å². The molecule has 0 atom stereocenters. The van der Waals surface area contributed by atoms with Gasteiger partial charge in [0.15, 0.2) is 0 Å². The average molecular weight is 247 g/mol. The normalized spacial score (nSPS) is 13.6. The van der Waals surface area contributed by atoms with Crippen LogP contribution in [0.15, 0.2) is 18.2 Å². The predicted octanol–water partition coefficient (Wildman–Crippen LogP) is 3.33. The summed E-state index contributed by atoms with van der Waals surface area (Å²) in [7, 11) is 0. The van der Waals surface area contributed by atoms with Gasteiger partial charge in [0, 0.05) is 0 Å². The molecule has 1 aliphatic rings. The van der Waals surface area contributed by atoms with Crippen molar-refractivity contribution in [2.45, 2.75) is 45.4 Å². The Morgan fingerprint density at radius 3 is 2.89 bits per heavy atom. The van der Waals surface area contributed by atoms with Gasteiger partial charge in [-0.25, -0.2) is 0 Å². The minimum Gasteiger partial charge on any atom is -0.494 e. The number of nitrogens with one attached hydrogen (secondary N) is 1. The highest BCUT2D eigenvalue weighted by Gasteiger charge is 2.10. The van der Waals surface area contributed by atoms with Crippen molar-refractivity contribution in [1.29, 1.82) is 0 Å². The van der Waals surface area contributed by atoms with Crippen LogP contribution in [0.2, 0.25) is 0 Å². The Morgan fingerprint density at radius 2 is 2.00 bits per heavy atom. The van der Waals surface area contributed by atoms with E-state index in [9.17, 15) is 0 Å². The Kier molecular flexibility index (Phi) is 5.53. The van der Waals surface area contributed by atoms with Crippen molar-refractivity contribution >= 4 is 0 Å². The predicted molar refractivity (Wildman–Crippen MR) is 76.4 cm³/mol. The summed E-state index contributed by atoms with van der Waals surface area (Å²) in [6, 6.07) is 6.60. The first-order valence-corrected chi connectivity index (χ1v) is 7.35. The number of benzene rings is 1. The molecule has 0 aromatic heterocycles. The largest absolute Gasteiger partial charge is 0.494 e. The van der Waals surface area contributed by atoms with Gasteiger partial charge in [-0.1, -0.05) is 13.0 Å². The fraction of sp³-hybridized carbons (Fsp3) is 0.625. The summed E-state index contributed by atoms with van der Waals surface area (Å²) in [5.74, 6) is 1.06. The molecule has 0 radical (unpaired) electrons. The van der Waals surface area contributed by atoms with Gasteiger partial charge in [0.25, 0.3) is 0 Å². The van der Waals surface area contributed by atoms with E-state index in [1.165, 1.54) is 43.2 Å². The molecule has 18 heavy (non-hydrogen) atoms. The van der Waals surface area contributed by atoms with Crippen LogP contribution in [0.25, 0.3) is 0 Å². The smallest absolute Gasteiger partial charge is 0.119 e. The molecule has 0 heterocycles. The van der Waals surface area contributed by atoms with E-state index < -0.39 is 0 Å². The quantitative estimate of drug-likeness (QED) is 0.711. The molecule has 100 valence electrons. The van der Waals surface area contributed by atoms with E-state index in [0.29, 0.717) is 0 Å². The van der Waals surface area contributed by atoms with Gasteiger partial charge in [-0.3, -0.25) is 0 Å². The van der Waals surface area contributed by atoms with Gasteiger partial charge in [-0.15, -0.1) is 0 Å². The zero-order valence-corrected chi connectivity index (χ0v) is 11.5. The van der Waals surface area contributed by atoms with Gasteiger partial charge in [0.1, 0.15) is 5.75 Å². The average Bonchev–Trinajstić information content (AvgIpc) is 2.85. The Balaban J connectivity index is 1.62. The molecule has 0 fully saturated rings. The molecule has 0 aliphatic heterocycles. The first-order chi connectivity index (χ1) is 8.90. The maximum atomic E-state index is 5.82. The molecule has 2 nitrogen and oxygen atoms in total. The van der Waals surface area contributed by atoms with Crippen LogP contribution < -0.4 is 10.1 Å². The topological polar surface area (TPSA) is 21.3 Å². The number of ether oxygens (including phenoxy) is 1. The second-order valence-corrected chi connectivity index (χ2v) is 5.05. The van der Waals surface area contributed by atoms with Crippen LogP contribution in [0.3, 0.4) is 0 Å². The number of aryl methyl sites for hydroxylation is 2. The maximum Gasteiger partial charge on any atom is 0.119 e. The molecule has 2 rings (SSSR count). The van der Waals surface area contributed by atoms with Crippen molar-refractivity contribution in [3.05, 3.63) is 29.3 Å². The Bertz CT molecular complexity index is 362. The molecule has 1 aromatic rings. The molecule has 0 amide bonds. The molecule has 1 N–H and O–H groups in total. The highest BCUT2D eigenvalue weighted by Crippen LogP contribution is 2.26. The highest BCUT2D eigenvalue weighted by molar-refractivity contribution is 5.38. The summed E-state index contributed by atoms with van der Waals surface area (Å²) < 4.78 is 5.82. The van der Waals surface area contributed by atoms with Crippen molar-refractivity contribution in [3.63, 3.8) is 0 Å². The van der Waals surface area contributed by atoms with Crippen molar-refractivity contribution in [2.75, 3.05) is 19.7 Å². The standard InChI is InChI=1S/C16H25NO/c1-2-17-11-4-3-5-12-18-16-10-9-14-7-6-8-15(14)13-16/h9-10,13,17H,2-8,11-12H2,1H3. The minimum atomic E-state index is 0.852. The van der Waals surface area contributed by atoms with E-state index in [1.807, 2.05) is 0 Å². The molecular weight excluding hydrogens is 222 g/mol. The lowest BCUT2D eigenvalue weighted by Crippen LogP contribution is -2.14. The van der Waals surface area contributed by atoms with Crippen LogP contribution in [0, 0.1) is 0 Å². The third-order valence-electron chi connectivity index (χ3n) is 3.59. The zero-order chi connectivity index (χ0) is 12.6. The van der Waals surface area contributed by atoms with Crippen LogP contribution in [0.5, 0.6) is 5.75 Å². The van der Waals surface area contributed by atoms with Crippen LogP contribution in [0.4, 0.5) is 0 Å². The lowest BCUT2D eigenvalue weighted by molar-refractivity contribution is 0.304. The summed E-state index contributed by atoms with van der Waals surface area (Å²) in [5, 5.41) is 3.34. The lowest BCUT2D eigenvalue weighted by atomic mass is 10.1. The molecule has 0 spiro atoms. The molecule has 2 heteroatoms. The summed E-state index contributed by atoms with van der Waals surface area (Å²) >= 11 is 0. The minimum absolute atomic E-state index is 0.852. The summed E-state index contributed by atoms with van der Waals surface area (Å²) in [6.45, 7) is 5.21. The van der Waals surface area contributed by atoms with Gasteiger partial charge in [0.2, 0.25) is 0 Å². The Labute approximate surface area is 111 Å². The fourth-order valence-corrected chi connectivity index (χ4v) is 2.53. The molecule has 0 saturated carbocycles. The monoisotopic (exact) mass is 247 g/mol. The lowest BCUT2D eigenvalue weighted by Gasteiger charge is -2.08. The van der Waals surface area contributed by atoms with Gasteiger partial charge in [0.05, 0.1) is 6.61 Å². The number of hydrogen-bond donors (Lipinski definition) is 1. The second kappa shape index (κ2) is 7.42. The first-order valence-electron chi connectivity index (χ1n) is 7.35. The third kappa shape index (κ3) is 4.02. The van der Waals surface area contributed by atoms with Crippen molar-refractivity contribution < 1.29 is 4.74 Å². The fourth-order valence-electron chi connectivity index (χ4n) is 2.53. The van der Waals surface area contributed by atoms with Crippen molar-refractivity contribution in [2.24, 2.45) is 0 Å². The SMILES string of the molecule is CCNCCCCCOc1ccc2c(c1)CCC2. The van der Waals surface area contributed by atoms with Gasteiger partial charge < -0.3 is 10.1 Å². The molecular formula is C16H25NO. The summed E-state index contributed by atoms with van der Waals surface area (Å²) in [5.41, 5.74) is 3.02. The van der Waals surface area contributed by atoms with E-state index in [4.69, 9.17) is 4.74 Å². The second-order valence-electron chi connectivity index (χ2n) is 5.05. The third-order valence-corrected chi connectivity index (χ3v) is 3.59. The Morgan fingerprint density at radius 1 is 1.11 bits per heavy atom. The molecule has 0 unspecified atom stereocenters. The van der Waals surface area contributed by atoms with Crippen LogP contribution in [-0.4, -0.2) is 19.7 Å². The molecule has 0 bridgehead atoms. The highest BCUT2D eigenvalue weighted by atomic mass is 16.5. The van der Waals surface area contributed by atoms with Gasteiger partial charge in [-0.2, -0.15) is 0 Å². The number of hydrogen-bond acceptors (Lipinski definition) is 2. The number of fused-ring (bicyclic) bond motifs is 1. The van der Waals surface area contributed by atoms with Gasteiger partial charge >= 0.3 is 0 Å². The number of rotatable bonds is 8. The molecule has 0 saturated heterocycles. The van der Waals surface area contributed by atoms with Crippen LogP contribution in [0.1, 0.15) is 43.7 Å². The van der Waals surface area contributed by atoms with E-state index in [2.05, 4.69) is 30.4 Å². The molecule has 1 aromatic carbocycles.